The highest BCUT2D eigenvalue weighted by molar-refractivity contribution is 6.00. The molecular formula is C37H35F2N5O5. The molecule has 1 aliphatic carbocycles. The van der Waals surface area contributed by atoms with Crippen molar-refractivity contribution < 1.29 is 32.5 Å². The fourth-order valence-corrected chi connectivity index (χ4v) is 5.77. The van der Waals surface area contributed by atoms with E-state index in [2.05, 4.69) is 9.98 Å². The smallest absolute Gasteiger partial charge is 0.331 e. The molecule has 2 heterocycles. The van der Waals surface area contributed by atoms with Crippen molar-refractivity contribution in [2.45, 2.75) is 38.8 Å². The fourth-order valence-electron chi connectivity index (χ4n) is 5.77. The van der Waals surface area contributed by atoms with Crippen molar-refractivity contribution in [1.82, 2.24) is 9.88 Å². The van der Waals surface area contributed by atoms with E-state index in [-0.39, 0.29) is 42.6 Å². The fraction of sp³-hybridized carbons (Fsp3) is 0.297. The van der Waals surface area contributed by atoms with Gasteiger partial charge >= 0.3 is 5.97 Å². The number of amidine groups is 1. The largest absolute Gasteiger partial charge is 0.485 e. The molecule has 1 aromatic heterocycles. The quantitative estimate of drug-likeness (QED) is 0.139. The number of esters is 1. The van der Waals surface area contributed by atoms with Crippen LogP contribution in [-0.2, 0) is 16.1 Å². The number of nitriles is 1. The molecule has 0 bridgehead atoms. The zero-order valence-corrected chi connectivity index (χ0v) is 27.4. The summed E-state index contributed by atoms with van der Waals surface area (Å²) in [5.41, 5.74) is 0.0171. The molecule has 49 heavy (non-hydrogen) atoms. The molecule has 10 nitrogen and oxygen atoms in total. The van der Waals surface area contributed by atoms with Crippen molar-refractivity contribution in [3.05, 3.63) is 101 Å². The Morgan fingerprint density at radius 3 is 2.39 bits per heavy atom. The van der Waals surface area contributed by atoms with E-state index in [1.165, 1.54) is 23.1 Å². The summed E-state index contributed by atoms with van der Waals surface area (Å²) in [6, 6.07) is 22.8. The van der Waals surface area contributed by atoms with Crippen LogP contribution in [0.2, 0.25) is 0 Å². The maximum absolute atomic E-state index is 16.7. The summed E-state index contributed by atoms with van der Waals surface area (Å²) in [4.78, 5) is 25.2. The van der Waals surface area contributed by atoms with Crippen molar-refractivity contribution in [1.29, 1.82) is 5.26 Å². The van der Waals surface area contributed by atoms with Crippen LogP contribution in [0.4, 0.5) is 14.5 Å². The molecule has 1 saturated carbocycles. The third kappa shape index (κ3) is 6.83. The number of benzene rings is 3. The van der Waals surface area contributed by atoms with Gasteiger partial charge in [-0.15, -0.1) is 0 Å². The molecule has 0 unspecified atom stereocenters. The molecule has 0 atom stereocenters. The second-order valence-electron chi connectivity index (χ2n) is 11.6. The number of aromatic nitrogens is 1. The number of ether oxygens (including phenoxy) is 4. The van der Waals surface area contributed by atoms with Crippen LogP contribution in [0.5, 0.6) is 29.0 Å². The first kappa shape index (κ1) is 33.2. The van der Waals surface area contributed by atoms with Gasteiger partial charge in [0.05, 0.1) is 24.8 Å². The summed E-state index contributed by atoms with van der Waals surface area (Å²) in [5.74, 6) is -2.91. The monoisotopic (exact) mass is 667 g/mol. The first-order chi connectivity index (χ1) is 23.8. The third-order valence-corrected chi connectivity index (χ3v) is 8.36. The van der Waals surface area contributed by atoms with Gasteiger partial charge in [0.25, 0.3) is 11.8 Å². The van der Waals surface area contributed by atoms with E-state index in [1.807, 2.05) is 54.4 Å². The second-order valence-corrected chi connectivity index (χ2v) is 11.6. The maximum atomic E-state index is 16.7. The van der Waals surface area contributed by atoms with Gasteiger partial charge in [0, 0.05) is 31.8 Å². The van der Waals surface area contributed by atoms with E-state index in [0.717, 1.165) is 23.5 Å². The highest BCUT2D eigenvalue weighted by atomic mass is 19.1. The Morgan fingerprint density at radius 1 is 0.980 bits per heavy atom. The summed E-state index contributed by atoms with van der Waals surface area (Å²) < 4.78 is 56.6. The van der Waals surface area contributed by atoms with Crippen LogP contribution in [0.3, 0.4) is 0 Å². The molecule has 252 valence electrons. The van der Waals surface area contributed by atoms with Gasteiger partial charge in [-0.2, -0.15) is 19.0 Å². The van der Waals surface area contributed by atoms with Crippen molar-refractivity contribution in [2.75, 3.05) is 38.2 Å². The average molecular weight is 668 g/mol. The third-order valence-electron chi connectivity index (χ3n) is 8.36. The number of carbonyl (C=O) groups is 1. The molecule has 12 heteroatoms. The Kier molecular flexibility index (Phi) is 9.62. The first-order valence-electron chi connectivity index (χ1n) is 16.0. The summed E-state index contributed by atoms with van der Waals surface area (Å²) in [6.45, 7) is 5.10. The molecule has 3 aromatic carbocycles. The van der Waals surface area contributed by atoms with Crippen LogP contribution in [-0.4, -0.2) is 60.5 Å². The zero-order valence-electron chi connectivity index (χ0n) is 27.4. The Labute approximate surface area is 283 Å². The number of rotatable bonds is 13. The molecular weight excluding hydrogens is 632 g/mol. The minimum Gasteiger partial charge on any atom is -0.485 e. The highest BCUT2D eigenvalue weighted by Gasteiger charge is 2.57. The standard InChI is InChI=1S/C37H35F2N5O5/c1-4-44(37(16-17-37)36(45)46-5-2)32-30(38)34(48-27-13-9-12-26(21-27)33-41-18-19-43(33)3)42-35(31(32)39)49-29-20-25(22-40)14-15-28(29)47-23-24-10-7-6-8-11-24/h6-15,20-21H,4-5,16-19,23H2,1-3H3. The number of nitrogens with zero attached hydrogens (tertiary/aromatic N) is 5. The molecule has 4 aromatic rings. The molecule has 0 amide bonds. The predicted octanol–water partition coefficient (Wildman–Crippen LogP) is 7.01. The number of hydrogen-bond acceptors (Lipinski definition) is 10. The van der Waals surface area contributed by atoms with E-state index in [4.69, 9.17) is 18.9 Å². The van der Waals surface area contributed by atoms with Crippen LogP contribution < -0.4 is 19.1 Å². The molecule has 0 saturated heterocycles. The first-order valence-corrected chi connectivity index (χ1v) is 16.0. The highest BCUT2D eigenvalue weighted by Crippen LogP contribution is 2.49. The predicted molar refractivity (Wildman–Crippen MR) is 178 cm³/mol. The minimum atomic E-state index is -1.27. The SMILES string of the molecule is CCOC(=O)C1(N(CC)c2c(F)c(Oc3cccc(C4=NCCN4C)c3)nc(Oc3cc(C#N)ccc3OCc3ccccc3)c2F)CC1. The molecule has 1 fully saturated rings. The lowest BCUT2D eigenvalue weighted by molar-refractivity contribution is -0.145. The zero-order chi connectivity index (χ0) is 34.5. The van der Waals surface area contributed by atoms with Crippen LogP contribution in [0, 0.1) is 23.0 Å². The van der Waals surface area contributed by atoms with Crippen LogP contribution >= 0.6 is 0 Å². The van der Waals surface area contributed by atoms with E-state index >= 15 is 8.78 Å². The minimum absolute atomic E-state index is 0.0243. The van der Waals surface area contributed by atoms with Gasteiger partial charge in [0.15, 0.2) is 11.5 Å². The summed E-state index contributed by atoms with van der Waals surface area (Å²) in [7, 11) is 1.92. The molecule has 6 rings (SSSR count). The van der Waals surface area contributed by atoms with Gasteiger partial charge in [-0.05, 0) is 56.5 Å². The Hall–Kier alpha value is -5.70. The number of halogens is 2. The van der Waals surface area contributed by atoms with Crippen molar-refractivity contribution in [3.63, 3.8) is 0 Å². The van der Waals surface area contributed by atoms with Gasteiger partial charge in [-0.3, -0.25) is 4.99 Å². The number of likely N-dealkylation sites (N-methyl/N-ethyl adjacent to an activating group) is 2. The number of anilines is 1. The van der Waals surface area contributed by atoms with E-state index in [9.17, 15) is 10.1 Å². The van der Waals surface area contributed by atoms with E-state index in [1.54, 1.807) is 32.0 Å². The summed E-state index contributed by atoms with van der Waals surface area (Å²) in [6.07, 6.45) is 0.680. The number of hydrogen-bond donors (Lipinski definition) is 0. The Morgan fingerprint density at radius 2 is 1.73 bits per heavy atom. The lowest BCUT2D eigenvalue weighted by Gasteiger charge is -2.32. The van der Waals surface area contributed by atoms with Crippen molar-refractivity contribution >= 4 is 17.5 Å². The van der Waals surface area contributed by atoms with Crippen LogP contribution in [0.1, 0.15) is 43.4 Å². The number of aliphatic imine (C=N–C) groups is 1. The van der Waals surface area contributed by atoms with Crippen LogP contribution in [0.15, 0.2) is 77.8 Å². The molecule has 0 N–H and O–H groups in total. The van der Waals surface area contributed by atoms with Gasteiger partial charge in [-0.25, -0.2) is 4.79 Å². The number of carbonyl (C=O) groups excluding carboxylic acids is 1. The van der Waals surface area contributed by atoms with Gasteiger partial charge < -0.3 is 28.7 Å². The topological polar surface area (TPSA) is 110 Å². The normalized spacial score (nSPS) is 14.4. The van der Waals surface area contributed by atoms with Crippen molar-refractivity contribution in [2.24, 2.45) is 4.99 Å². The average Bonchev–Trinajstić information content (AvgIpc) is 3.81. The summed E-state index contributed by atoms with van der Waals surface area (Å²) in [5, 5.41) is 9.62. The van der Waals surface area contributed by atoms with E-state index < -0.39 is 40.6 Å². The Balaban J connectivity index is 1.43. The van der Waals surface area contributed by atoms with Crippen molar-refractivity contribution in [3.8, 4) is 35.1 Å². The lowest BCUT2D eigenvalue weighted by Crippen LogP contribution is -2.45. The molecule has 2 aliphatic rings. The molecule has 1 aliphatic heterocycles. The van der Waals surface area contributed by atoms with E-state index in [0.29, 0.717) is 19.4 Å². The molecule has 0 spiro atoms. The maximum Gasteiger partial charge on any atom is 0.331 e. The second kappa shape index (κ2) is 14.2. The number of pyridine rings is 1. The van der Waals surface area contributed by atoms with Gasteiger partial charge in [0.2, 0.25) is 11.6 Å². The Bertz CT molecular complexity index is 1930. The lowest BCUT2D eigenvalue weighted by atomic mass is 10.1. The van der Waals surface area contributed by atoms with Crippen LogP contribution in [0.25, 0.3) is 0 Å². The molecule has 0 radical (unpaired) electrons. The van der Waals surface area contributed by atoms with Gasteiger partial charge in [0.1, 0.15) is 29.4 Å². The van der Waals surface area contributed by atoms with Gasteiger partial charge in [-0.1, -0.05) is 42.5 Å². The summed E-state index contributed by atoms with van der Waals surface area (Å²) >= 11 is 0.